The molecule has 0 unspecified atom stereocenters. The topological polar surface area (TPSA) is 100 Å². The van der Waals surface area contributed by atoms with Crippen LogP contribution in [0.15, 0.2) is 40.5 Å². The Bertz CT molecular complexity index is 552. The molecule has 1 atom stereocenters. The van der Waals surface area contributed by atoms with Crippen molar-refractivity contribution in [2.75, 3.05) is 5.01 Å². The summed E-state index contributed by atoms with van der Waals surface area (Å²) in [6, 6.07) is 8.30. The molecule has 19 heavy (non-hydrogen) atoms. The minimum atomic E-state index is -0.781. The fourth-order valence-corrected chi connectivity index (χ4v) is 1.68. The maximum absolute atomic E-state index is 12.2. The van der Waals surface area contributed by atoms with Crippen LogP contribution >= 0.6 is 0 Å². The van der Waals surface area contributed by atoms with Crippen molar-refractivity contribution in [2.45, 2.75) is 6.92 Å². The van der Waals surface area contributed by atoms with Crippen LogP contribution in [0.3, 0.4) is 0 Å². The number of carbonyl (C=O) groups is 2. The van der Waals surface area contributed by atoms with E-state index in [4.69, 9.17) is 5.73 Å². The number of nitrogens with one attached hydrogen (secondary N) is 1. The minimum Gasteiger partial charge on any atom is -0.350 e. The quantitative estimate of drug-likeness (QED) is 0.616. The van der Waals surface area contributed by atoms with Crippen LogP contribution in [0.2, 0.25) is 0 Å². The van der Waals surface area contributed by atoms with Crippen molar-refractivity contribution in [1.29, 1.82) is 0 Å². The molecular formula is C12H13N5O2. The second kappa shape index (κ2) is 5.30. The Morgan fingerprint density at radius 1 is 1.47 bits per heavy atom. The third kappa shape index (κ3) is 2.76. The number of anilines is 1. The molecule has 0 saturated carbocycles. The minimum absolute atomic E-state index is 0.223. The van der Waals surface area contributed by atoms with Gasteiger partial charge in [0.1, 0.15) is 5.92 Å². The monoisotopic (exact) mass is 259 g/mol. The Morgan fingerprint density at radius 3 is 2.79 bits per heavy atom. The number of hydrazone groups is 2. The zero-order valence-electron chi connectivity index (χ0n) is 10.3. The summed E-state index contributed by atoms with van der Waals surface area (Å²) in [5.74, 6) is -0.814. The molecule has 1 heterocycles. The molecule has 0 aliphatic carbocycles. The molecule has 0 bridgehead atoms. The van der Waals surface area contributed by atoms with Crippen molar-refractivity contribution < 1.29 is 9.59 Å². The van der Waals surface area contributed by atoms with Gasteiger partial charge in [-0.05, 0) is 19.1 Å². The molecule has 7 heteroatoms. The standard InChI is InChI=1S/C12H13N5O2/c1-8-10(7-14-15-12(13)19)11(18)17(16-8)9-5-3-2-4-6-9/h2-7,10H,1H3,(H3,13,15,19)/b14-7-/t10-/m1/s1. The molecular weight excluding hydrogens is 246 g/mol. The molecule has 98 valence electrons. The van der Waals surface area contributed by atoms with E-state index in [1.165, 1.54) is 11.2 Å². The zero-order valence-corrected chi connectivity index (χ0v) is 10.3. The van der Waals surface area contributed by atoms with E-state index in [0.717, 1.165) is 0 Å². The lowest BCUT2D eigenvalue weighted by Crippen LogP contribution is -2.30. The highest BCUT2D eigenvalue weighted by Gasteiger charge is 2.33. The van der Waals surface area contributed by atoms with Crippen LogP contribution < -0.4 is 16.2 Å². The van der Waals surface area contributed by atoms with Gasteiger partial charge in [-0.1, -0.05) is 18.2 Å². The first-order chi connectivity index (χ1) is 9.09. The largest absolute Gasteiger partial charge is 0.350 e. The van der Waals surface area contributed by atoms with Gasteiger partial charge in [-0.2, -0.15) is 15.2 Å². The lowest BCUT2D eigenvalue weighted by Gasteiger charge is -2.12. The Labute approximate surface area is 109 Å². The van der Waals surface area contributed by atoms with Crippen LogP contribution in [-0.2, 0) is 4.79 Å². The molecule has 0 fully saturated rings. The summed E-state index contributed by atoms with van der Waals surface area (Å²) in [6.07, 6.45) is 1.31. The molecule has 1 aromatic carbocycles. The lowest BCUT2D eigenvalue weighted by atomic mass is 10.1. The Morgan fingerprint density at radius 2 is 2.16 bits per heavy atom. The van der Waals surface area contributed by atoms with E-state index in [0.29, 0.717) is 11.4 Å². The van der Waals surface area contributed by atoms with Gasteiger partial charge in [-0.3, -0.25) is 4.79 Å². The molecule has 0 aromatic heterocycles. The third-order valence-corrected chi connectivity index (χ3v) is 2.58. The van der Waals surface area contributed by atoms with Gasteiger partial charge >= 0.3 is 6.03 Å². The number of amides is 3. The Kier molecular flexibility index (Phi) is 3.56. The fourth-order valence-electron chi connectivity index (χ4n) is 1.68. The van der Waals surface area contributed by atoms with Crippen LogP contribution in [-0.4, -0.2) is 23.9 Å². The maximum atomic E-state index is 12.2. The number of nitrogens with two attached hydrogens (primary N) is 1. The van der Waals surface area contributed by atoms with E-state index in [1.807, 2.05) is 18.2 Å². The smallest absolute Gasteiger partial charge is 0.332 e. The van der Waals surface area contributed by atoms with Gasteiger partial charge in [-0.15, -0.1) is 0 Å². The van der Waals surface area contributed by atoms with Gasteiger partial charge < -0.3 is 5.73 Å². The van der Waals surface area contributed by atoms with Gasteiger partial charge in [0, 0.05) is 6.21 Å². The first-order valence-electron chi connectivity index (χ1n) is 5.62. The molecule has 1 aliphatic rings. The Balaban J connectivity index is 2.15. The number of nitrogens with zero attached hydrogens (tertiary/aromatic N) is 3. The number of para-hydroxylation sites is 1. The molecule has 1 aliphatic heterocycles. The highest BCUT2D eigenvalue weighted by Crippen LogP contribution is 2.22. The Hall–Kier alpha value is -2.70. The number of hydrogen-bond donors (Lipinski definition) is 2. The maximum Gasteiger partial charge on any atom is 0.332 e. The summed E-state index contributed by atoms with van der Waals surface area (Å²) in [7, 11) is 0. The van der Waals surface area contributed by atoms with E-state index < -0.39 is 11.9 Å². The second-order valence-corrected chi connectivity index (χ2v) is 3.96. The van der Waals surface area contributed by atoms with Gasteiger partial charge in [-0.25, -0.2) is 10.2 Å². The first-order valence-corrected chi connectivity index (χ1v) is 5.62. The van der Waals surface area contributed by atoms with E-state index in [9.17, 15) is 9.59 Å². The van der Waals surface area contributed by atoms with E-state index in [-0.39, 0.29) is 5.91 Å². The molecule has 3 N–H and O–H groups in total. The number of benzene rings is 1. The predicted octanol–water partition coefficient (Wildman–Crippen LogP) is 0.679. The van der Waals surface area contributed by atoms with Crippen LogP contribution in [0.1, 0.15) is 6.92 Å². The molecule has 1 aromatic rings. The van der Waals surface area contributed by atoms with E-state index in [2.05, 4.69) is 15.6 Å². The summed E-state index contributed by atoms with van der Waals surface area (Å²) in [4.78, 5) is 22.7. The van der Waals surface area contributed by atoms with Crippen molar-refractivity contribution >= 4 is 29.6 Å². The van der Waals surface area contributed by atoms with Crippen LogP contribution in [0.5, 0.6) is 0 Å². The number of hydrogen-bond acceptors (Lipinski definition) is 4. The number of primary amides is 1. The molecule has 7 nitrogen and oxygen atoms in total. The average molecular weight is 259 g/mol. The van der Waals surface area contributed by atoms with Gasteiger partial charge in [0.2, 0.25) is 0 Å². The fraction of sp³-hybridized carbons (Fsp3) is 0.167. The normalized spacial score (nSPS) is 18.8. The van der Waals surface area contributed by atoms with Crippen LogP contribution in [0, 0.1) is 5.92 Å². The number of urea groups is 1. The third-order valence-electron chi connectivity index (χ3n) is 2.58. The van der Waals surface area contributed by atoms with Crippen molar-refractivity contribution in [1.82, 2.24) is 5.43 Å². The molecule has 0 radical (unpaired) electrons. The predicted molar refractivity (Wildman–Crippen MR) is 71.7 cm³/mol. The second-order valence-electron chi connectivity index (χ2n) is 3.96. The van der Waals surface area contributed by atoms with Crippen molar-refractivity contribution in [2.24, 2.45) is 21.9 Å². The zero-order chi connectivity index (χ0) is 13.8. The summed E-state index contributed by atoms with van der Waals surface area (Å²) in [5, 5.41) is 9.10. The first kappa shape index (κ1) is 12.7. The molecule has 2 rings (SSSR count). The highest BCUT2D eigenvalue weighted by molar-refractivity contribution is 6.23. The van der Waals surface area contributed by atoms with Crippen LogP contribution in [0.25, 0.3) is 0 Å². The number of carbonyl (C=O) groups excluding carboxylic acids is 2. The van der Waals surface area contributed by atoms with Crippen LogP contribution in [0.4, 0.5) is 10.5 Å². The SMILES string of the molecule is CC1=NN(c2ccccc2)C(=O)[C@@H]1/C=N\NC(N)=O. The summed E-state index contributed by atoms with van der Waals surface area (Å²) in [6.45, 7) is 1.72. The molecule has 0 saturated heterocycles. The lowest BCUT2D eigenvalue weighted by molar-refractivity contribution is -0.118. The molecule has 3 amide bonds. The highest BCUT2D eigenvalue weighted by atomic mass is 16.2. The average Bonchev–Trinajstić information content (AvgIpc) is 2.67. The van der Waals surface area contributed by atoms with E-state index in [1.54, 1.807) is 19.1 Å². The van der Waals surface area contributed by atoms with Crippen molar-refractivity contribution in [3.8, 4) is 0 Å². The van der Waals surface area contributed by atoms with Crippen molar-refractivity contribution in [3.63, 3.8) is 0 Å². The van der Waals surface area contributed by atoms with E-state index >= 15 is 0 Å². The summed E-state index contributed by atoms with van der Waals surface area (Å²) < 4.78 is 0. The van der Waals surface area contributed by atoms with Gasteiger partial charge in [0.05, 0.1) is 11.4 Å². The van der Waals surface area contributed by atoms with Gasteiger partial charge in [0.15, 0.2) is 0 Å². The number of rotatable bonds is 3. The van der Waals surface area contributed by atoms with Crippen molar-refractivity contribution in [3.05, 3.63) is 30.3 Å². The summed E-state index contributed by atoms with van der Waals surface area (Å²) in [5.41, 5.74) is 8.21. The van der Waals surface area contributed by atoms with Gasteiger partial charge in [0.25, 0.3) is 5.91 Å². The summed E-state index contributed by atoms with van der Waals surface area (Å²) >= 11 is 0. The molecule has 0 spiro atoms.